The van der Waals surface area contributed by atoms with Crippen molar-refractivity contribution in [2.24, 2.45) is 0 Å². The van der Waals surface area contributed by atoms with Gasteiger partial charge in [0.2, 0.25) is 0 Å². The zero-order valence-corrected chi connectivity index (χ0v) is 12.4. The van der Waals surface area contributed by atoms with Gasteiger partial charge in [-0.05, 0) is 44.7 Å². The molecule has 4 heteroatoms. The van der Waals surface area contributed by atoms with Crippen molar-refractivity contribution < 1.29 is 14.6 Å². The Balaban J connectivity index is 2.56. The molecule has 1 aromatic rings. The Labute approximate surface area is 116 Å². The molecule has 0 bridgehead atoms. The molecule has 100 valence electrons. The molecule has 0 aromatic heterocycles. The Morgan fingerprint density at radius 3 is 2.72 bits per heavy atom. The van der Waals surface area contributed by atoms with E-state index in [1.807, 2.05) is 19.9 Å². The van der Waals surface area contributed by atoms with Gasteiger partial charge in [-0.15, -0.1) is 0 Å². The molecule has 18 heavy (non-hydrogen) atoms. The van der Waals surface area contributed by atoms with Crippen molar-refractivity contribution in [1.29, 1.82) is 0 Å². The van der Waals surface area contributed by atoms with E-state index >= 15 is 0 Å². The van der Waals surface area contributed by atoms with E-state index in [0.29, 0.717) is 24.7 Å². The van der Waals surface area contributed by atoms with Crippen LogP contribution in [0.3, 0.4) is 0 Å². The molecule has 0 amide bonds. The number of rotatable bonds is 4. The summed E-state index contributed by atoms with van der Waals surface area (Å²) in [4.78, 5) is 0. The maximum atomic E-state index is 10.2. The van der Waals surface area contributed by atoms with Gasteiger partial charge in [-0.25, -0.2) is 0 Å². The minimum absolute atomic E-state index is 0.452. The van der Waals surface area contributed by atoms with Gasteiger partial charge in [0.15, 0.2) is 11.5 Å². The highest BCUT2D eigenvalue weighted by Gasteiger charge is 2.27. The van der Waals surface area contributed by atoms with Crippen LogP contribution in [0.5, 0.6) is 11.5 Å². The molecular weight excluding hydrogens is 296 g/mol. The molecule has 0 fully saturated rings. The Bertz CT molecular complexity index is 432. The normalized spacial score (nSPS) is 18.3. The predicted molar refractivity (Wildman–Crippen MR) is 74.4 cm³/mol. The van der Waals surface area contributed by atoms with Crippen LogP contribution >= 0.6 is 15.9 Å². The average molecular weight is 315 g/mol. The van der Waals surface area contributed by atoms with Gasteiger partial charge in [-0.3, -0.25) is 0 Å². The minimum atomic E-state index is -0.452. The molecule has 1 atom stereocenters. The summed E-state index contributed by atoms with van der Waals surface area (Å²) >= 11 is 3.57. The molecule has 1 aliphatic carbocycles. The summed E-state index contributed by atoms with van der Waals surface area (Å²) in [5.74, 6) is 1.43. The zero-order valence-electron chi connectivity index (χ0n) is 10.8. The van der Waals surface area contributed by atoms with Crippen molar-refractivity contribution in [3.8, 4) is 11.5 Å². The summed E-state index contributed by atoms with van der Waals surface area (Å²) in [5.41, 5.74) is 2.06. The lowest BCUT2D eigenvalue weighted by Gasteiger charge is -2.26. The van der Waals surface area contributed by atoms with E-state index in [1.54, 1.807) is 0 Å². The van der Waals surface area contributed by atoms with Crippen molar-refractivity contribution in [3.05, 3.63) is 21.7 Å². The van der Waals surface area contributed by atoms with E-state index in [2.05, 4.69) is 15.9 Å². The van der Waals surface area contributed by atoms with Gasteiger partial charge in [-0.2, -0.15) is 0 Å². The minimum Gasteiger partial charge on any atom is -0.490 e. The number of aliphatic hydroxyl groups excluding tert-OH is 1. The molecule has 1 aromatic carbocycles. The monoisotopic (exact) mass is 314 g/mol. The molecule has 3 nitrogen and oxygen atoms in total. The topological polar surface area (TPSA) is 38.7 Å². The molecule has 0 saturated carbocycles. The lowest BCUT2D eigenvalue weighted by molar-refractivity contribution is 0.149. The molecule has 0 heterocycles. The van der Waals surface area contributed by atoms with Gasteiger partial charge in [0.1, 0.15) is 0 Å². The molecule has 0 radical (unpaired) electrons. The van der Waals surface area contributed by atoms with Crippen LogP contribution in [0.4, 0.5) is 0 Å². The van der Waals surface area contributed by atoms with Crippen LogP contribution in [0.1, 0.15) is 43.9 Å². The van der Waals surface area contributed by atoms with Gasteiger partial charge in [0, 0.05) is 10.0 Å². The van der Waals surface area contributed by atoms with Crippen molar-refractivity contribution in [2.45, 2.75) is 39.2 Å². The second kappa shape index (κ2) is 5.93. The summed E-state index contributed by atoms with van der Waals surface area (Å²) in [6, 6.07) is 1.95. The number of hydrogen-bond acceptors (Lipinski definition) is 3. The first-order valence-corrected chi connectivity index (χ1v) is 7.27. The second-order valence-corrected chi connectivity index (χ2v) is 5.21. The summed E-state index contributed by atoms with van der Waals surface area (Å²) in [6.07, 6.45) is 2.31. The SMILES string of the molecule is CCOc1cc(Br)c2c(c1OCC)C(O)CCC2. The molecular formula is C14H19BrO3. The fourth-order valence-electron chi connectivity index (χ4n) is 2.45. The standard InChI is InChI=1S/C14H19BrO3/c1-3-17-12-8-10(15)9-6-5-7-11(16)13(9)14(12)18-4-2/h8,11,16H,3-7H2,1-2H3. The zero-order chi connectivity index (χ0) is 13.1. The molecule has 0 aliphatic heterocycles. The van der Waals surface area contributed by atoms with Crippen LogP contribution in [0, 0.1) is 0 Å². The Morgan fingerprint density at radius 2 is 2.06 bits per heavy atom. The largest absolute Gasteiger partial charge is 0.490 e. The highest BCUT2D eigenvalue weighted by atomic mass is 79.9. The van der Waals surface area contributed by atoms with Crippen LogP contribution in [0.25, 0.3) is 0 Å². The summed E-state index contributed by atoms with van der Waals surface area (Å²) in [7, 11) is 0. The second-order valence-electron chi connectivity index (χ2n) is 4.35. The molecule has 0 saturated heterocycles. The van der Waals surface area contributed by atoms with Crippen molar-refractivity contribution >= 4 is 15.9 Å². The van der Waals surface area contributed by atoms with E-state index in [-0.39, 0.29) is 0 Å². The first-order valence-electron chi connectivity index (χ1n) is 6.47. The summed E-state index contributed by atoms with van der Waals surface area (Å²) < 4.78 is 12.3. The van der Waals surface area contributed by atoms with E-state index < -0.39 is 6.10 Å². The fourth-order valence-corrected chi connectivity index (χ4v) is 3.06. The molecule has 1 N–H and O–H groups in total. The van der Waals surface area contributed by atoms with E-state index in [1.165, 1.54) is 0 Å². The summed E-state index contributed by atoms with van der Waals surface area (Å²) in [6.45, 7) is 5.04. The number of aliphatic hydroxyl groups is 1. The van der Waals surface area contributed by atoms with Gasteiger partial charge < -0.3 is 14.6 Å². The first kappa shape index (κ1) is 13.7. The maximum absolute atomic E-state index is 10.2. The third kappa shape index (κ3) is 2.50. The van der Waals surface area contributed by atoms with Crippen LogP contribution in [-0.4, -0.2) is 18.3 Å². The van der Waals surface area contributed by atoms with Gasteiger partial charge >= 0.3 is 0 Å². The van der Waals surface area contributed by atoms with Crippen LogP contribution in [0.15, 0.2) is 10.5 Å². The first-order chi connectivity index (χ1) is 8.69. The van der Waals surface area contributed by atoms with E-state index in [4.69, 9.17) is 9.47 Å². The van der Waals surface area contributed by atoms with Crippen molar-refractivity contribution in [3.63, 3.8) is 0 Å². The molecule has 1 unspecified atom stereocenters. The number of ether oxygens (including phenoxy) is 2. The lowest BCUT2D eigenvalue weighted by atomic mass is 9.88. The van der Waals surface area contributed by atoms with Crippen LogP contribution < -0.4 is 9.47 Å². The number of benzene rings is 1. The number of fused-ring (bicyclic) bond motifs is 1. The predicted octanol–water partition coefficient (Wildman–Crippen LogP) is 3.62. The fraction of sp³-hybridized carbons (Fsp3) is 0.571. The lowest BCUT2D eigenvalue weighted by Crippen LogP contribution is -2.13. The van der Waals surface area contributed by atoms with E-state index in [0.717, 1.165) is 34.9 Å². The third-order valence-corrected chi connectivity index (χ3v) is 3.87. The smallest absolute Gasteiger partial charge is 0.167 e. The van der Waals surface area contributed by atoms with Gasteiger partial charge in [0.25, 0.3) is 0 Å². The molecule has 2 rings (SSSR count). The highest BCUT2D eigenvalue weighted by Crippen LogP contribution is 2.45. The summed E-state index contributed by atoms with van der Waals surface area (Å²) in [5, 5.41) is 10.2. The Kier molecular flexibility index (Phi) is 4.51. The van der Waals surface area contributed by atoms with Gasteiger partial charge in [0.05, 0.1) is 19.3 Å². The number of hydrogen-bond donors (Lipinski definition) is 1. The molecule has 0 spiro atoms. The third-order valence-electron chi connectivity index (χ3n) is 3.17. The molecule has 1 aliphatic rings. The highest BCUT2D eigenvalue weighted by molar-refractivity contribution is 9.10. The van der Waals surface area contributed by atoms with Crippen LogP contribution in [-0.2, 0) is 6.42 Å². The van der Waals surface area contributed by atoms with E-state index in [9.17, 15) is 5.11 Å². The maximum Gasteiger partial charge on any atom is 0.167 e. The Morgan fingerprint density at radius 1 is 1.33 bits per heavy atom. The van der Waals surface area contributed by atoms with Crippen molar-refractivity contribution in [2.75, 3.05) is 13.2 Å². The Hall–Kier alpha value is -0.740. The van der Waals surface area contributed by atoms with Crippen molar-refractivity contribution in [1.82, 2.24) is 0 Å². The number of halogens is 1. The average Bonchev–Trinajstić information content (AvgIpc) is 2.35. The van der Waals surface area contributed by atoms with Gasteiger partial charge in [-0.1, -0.05) is 15.9 Å². The van der Waals surface area contributed by atoms with Crippen LogP contribution in [0.2, 0.25) is 0 Å². The quantitative estimate of drug-likeness (QED) is 0.922.